The van der Waals surface area contributed by atoms with Crippen LogP contribution in [0.15, 0.2) is 30.3 Å². The molecule has 2 rings (SSSR count). The average Bonchev–Trinajstić information content (AvgIpc) is 2.30. The van der Waals surface area contributed by atoms with Crippen LogP contribution in [0.1, 0.15) is 24.8 Å². The molecule has 0 saturated carbocycles. The third-order valence-electron chi connectivity index (χ3n) is 3.84. The lowest BCUT2D eigenvalue weighted by Gasteiger charge is -2.42. The highest BCUT2D eigenvalue weighted by atomic mass is 28.3. The molecule has 1 fully saturated rings. The Hall–Kier alpha value is -0.603. The second-order valence-corrected chi connectivity index (χ2v) is 11.7. The van der Waals surface area contributed by atoms with E-state index in [4.69, 9.17) is 0 Å². The number of hydrogen-bond donors (Lipinski definition) is 0. The predicted octanol–water partition coefficient (Wildman–Crippen LogP) is 3.92. The number of likely N-dealkylation sites (tertiary alicyclic amines) is 1. The van der Waals surface area contributed by atoms with Gasteiger partial charge < -0.3 is 0 Å². The largest absolute Gasteiger partial charge is 0.299 e. The second-order valence-electron chi connectivity index (χ2n) is 6.33. The Morgan fingerprint density at radius 2 is 1.82 bits per heavy atom. The molecular weight excluding hydrogens is 222 g/mol. The summed E-state index contributed by atoms with van der Waals surface area (Å²) in [5, 5.41) is 0. The highest BCUT2D eigenvalue weighted by Crippen LogP contribution is 2.26. The number of hydrogen-bond acceptors (Lipinski definition) is 1. The Morgan fingerprint density at radius 3 is 2.47 bits per heavy atom. The highest BCUT2D eigenvalue weighted by Gasteiger charge is 2.33. The fraction of sp³-hybridized carbons (Fsp3) is 0.600. The summed E-state index contributed by atoms with van der Waals surface area (Å²) in [4.78, 5) is 2.74. The standard InChI is InChI=1S/C15H25NSi/c1-17(2,3)15-11-7-8-12-16(15)13-14-9-5-4-6-10-14/h4-6,9-10,15H,7-8,11-13H2,1-3H3/t15-/m1/s1. The van der Waals surface area contributed by atoms with Gasteiger partial charge in [-0.1, -0.05) is 56.4 Å². The van der Waals surface area contributed by atoms with Crippen molar-refractivity contribution in [2.45, 2.75) is 51.1 Å². The maximum Gasteiger partial charge on any atom is 0.0638 e. The number of benzene rings is 1. The summed E-state index contributed by atoms with van der Waals surface area (Å²) in [5.74, 6) is 0. The van der Waals surface area contributed by atoms with Crippen molar-refractivity contribution in [2.24, 2.45) is 0 Å². The molecule has 1 nitrogen and oxygen atoms in total. The molecule has 17 heavy (non-hydrogen) atoms. The normalized spacial score (nSPS) is 22.6. The van der Waals surface area contributed by atoms with Gasteiger partial charge in [0, 0.05) is 12.2 Å². The number of piperidine rings is 1. The average molecular weight is 247 g/mol. The molecule has 1 atom stereocenters. The molecule has 94 valence electrons. The fourth-order valence-corrected chi connectivity index (χ4v) is 5.36. The first-order valence-electron chi connectivity index (χ1n) is 6.85. The van der Waals surface area contributed by atoms with Crippen molar-refractivity contribution >= 4 is 8.07 Å². The topological polar surface area (TPSA) is 3.24 Å². The van der Waals surface area contributed by atoms with Crippen molar-refractivity contribution in [3.05, 3.63) is 35.9 Å². The van der Waals surface area contributed by atoms with Crippen LogP contribution < -0.4 is 0 Å². The van der Waals surface area contributed by atoms with Crippen LogP contribution in [-0.2, 0) is 6.54 Å². The Balaban J connectivity index is 2.07. The van der Waals surface area contributed by atoms with Gasteiger partial charge in [-0.15, -0.1) is 0 Å². The van der Waals surface area contributed by atoms with E-state index in [1.807, 2.05) is 0 Å². The van der Waals surface area contributed by atoms with Gasteiger partial charge in [-0.05, 0) is 24.9 Å². The molecule has 1 saturated heterocycles. The van der Waals surface area contributed by atoms with Gasteiger partial charge >= 0.3 is 0 Å². The van der Waals surface area contributed by atoms with Crippen molar-refractivity contribution in [2.75, 3.05) is 6.54 Å². The first-order valence-corrected chi connectivity index (χ1v) is 10.4. The molecule has 1 aliphatic rings. The van der Waals surface area contributed by atoms with Crippen molar-refractivity contribution in [1.29, 1.82) is 0 Å². The van der Waals surface area contributed by atoms with E-state index in [9.17, 15) is 0 Å². The monoisotopic (exact) mass is 247 g/mol. The van der Waals surface area contributed by atoms with Gasteiger partial charge in [0.15, 0.2) is 0 Å². The van der Waals surface area contributed by atoms with E-state index in [-0.39, 0.29) is 0 Å². The first kappa shape index (κ1) is 12.8. The second kappa shape index (κ2) is 5.36. The fourth-order valence-electron chi connectivity index (χ4n) is 2.98. The molecule has 0 bridgehead atoms. The van der Waals surface area contributed by atoms with E-state index < -0.39 is 8.07 Å². The summed E-state index contributed by atoms with van der Waals surface area (Å²) in [5.41, 5.74) is 2.34. The summed E-state index contributed by atoms with van der Waals surface area (Å²) < 4.78 is 0. The van der Waals surface area contributed by atoms with E-state index in [1.54, 1.807) is 0 Å². The molecule has 0 spiro atoms. The molecule has 0 N–H and O–H groups in total. The Labute approximate surface area is 107 Å². The van der Waals surface area contributed by atoms with Gasteiger partial charge in [0.25, 0.3) is 0 Å². The number of rotatable bonds is 3. The summed E-state index contributed by atoms with van der Waals surface area (Å²) in [6, 6.07) is 10.9. The molecule has 1 aromatic carbocycles. The van der Waals surface area contributed by atoms with Crippen LogP contribution in [0.5, 0.6) is 0 Å². The molecule has 0 aromatic heterocycles. The van der Waals surface area contributed by atoms with Crippen molar-refractivity contribution in [3.63, 3.8) is 0 Å². The summed E-state index contributed by atoms with van der Waals surface area (Å²) in [6.45, 7) is 9.99. The van der Waals surface area contributed by atoms with Gasteiger partial charge in [0.05, 0.1) is 8.07 Å². The summed E-state index contributed by atoms with van der Waals surface area (Å²) >= 11 is 0. The van der Waals surface area contributed by atoms with E-state index in [0.717, 1.165) is 12.2 Å². The summed E-state index contributed by atoms with van der Waals surface area (Å²) in [7, 11) is -1.05. The Morgan fingerprint density at radius 1 is 1.12 bits per heavy atom. The van der Waals surface area contributed by atoms with E-state index >= 15 is 0 Å². The molecule has 0 amide bonds. The highest BCUT2D eigenvalue weighted by molar-refractivity contribution is 6.77. The third-order valence-corrected chi connectivity index (χ3v) is 6.49. The minimum absolute atomic E-state index is 0.872. The molecule has 1 heterocycles. The zero-order valence-corrected chi connectivity index (χ0v) is 12.4. The smallest absolute Gasteiger partial charge is 0.0638 e. The molecule has 1 aromatic rings. The quantitative estimate of drug-likeness (QED) is 0.732. The van der Waals surface area contributed by atoms with E-state index in [0.29, 0.717) is 0 Å². The van der Waals surface area contributed by atoms with Crippen LogP contribution in [0.4, 0.5) is 0 Å². The lowest BCUT2D eigenvalue weighted by Crippen LogP contribution is -2.52. The molecule has 0 unspecified atom stereocenters. The maximum atomic E-state index is 2.74. The van der Waals surface area contributed by atoms with Gasteiger partial charge in [-0.25, -0.2) is 0 Å². The van der Waals surface area contributed by atoms with Gasteiger partial charge in [-0.2, -0.15) is 0 Å². The van der Waals surface area contributed by atoms with Crippen molar-refractivity contribution in [3.8, 4) is 0 Å². The van der Waals surface area contributed by atoms with E-state index in [1.165, 1.54) is 31.4 Å². The van der Waals surface area contributed by atoms with Crippen LogP contribution in [0.3, 0.4) is 0 Å². The third kappa shape index (κ3) is 3.43. The molecule has 0 radical (unpaired) electrons. The van der Waals surface area contributed by atoms with Crippen LogP contribution in [-0.4, -0.2) is 25.2 Å². The van der Waals surface area contributed by atoms with Crippen LogP contribution in [0, 0.1) is 0 Å². The lowest BCUT2D eigenvalue weighted by molar-refractivity contribution is 0.185. The minimum atomic E-state index is -1.05. The zero-order chi connectivity index (χ0) is 12.3. The maximum absolute atomic E-state index is 2.74. The number of nitrogens with zero attached hydrogens (tertiary/aromatic N) is 1. The van der Waals surface area contributed by atoms with Crippen molar-refractivity contribution < 1.29 is 0 Å². The zero-order valence-electron chi connectivity index (χ0n) is 11.4. The van der Waals surface area contributed by atoms with Gasteiger partial charge in [-0.3, -0.25) is 4.90 Å². The van der Waals surface area contributed by atoms with Gasteiger partial charge in [0.1, 0.15) is 0 Å². The lowest BCUT2D eigenvalue weighted by atomic mass is 10.1. The minimum Gasteiger partial charge on any atom is -0.299 e. The Bertz CT molecular complexity index is 342. The summed E-state index contributed by atoms with van der Waals surface area (Å²) in [6.07, 6.45) is 4.23. The van der Waals surface area contributed by atoms with Gasteiger partial charge in [0.2, 0.25) is 0 Å². The first-order chi connectivity index (χ1) is 8.07. The molecular formula is C15H25NSi. The van der Waals surface area contributed by atoms with E-state index in [2.05, 4.69) is 54.9 Å². The molecule has 2 heteroatoms. The van der Waals surface area contributed by atoms with Crippen LogP contribution in [0.2, 0.25) is 19.6 Å². The predicted molar refractivity (Wildman–Crippen MR) is 77.8 cm³/mol. The van der Waals surface area contributed by atoms with Crippen molar-refractivity contribution in [1.82, 2.24) is 4.90 Å². The Kier molecular flexibility index (Phi) is 4.05. The molecule has 0 aliphatic carbocycles. The molecule has 1 aliphatic heterocycles. The van der Waals surface area contributed by atoms with Crippen LogP contribution in [0.25, 0.3) is 0 Å². The SMILES string of the molecule is C[Si](C)(C)[C@@H]1CCCCN1Cc1ccccc1. The van der Waals surface area contributed by atoms with Crippen LogP contribution >= 0.6 is 0 Å².